The molecular weight excluding hydrogens is 470 g/mol. The number of carbonyl (C=O) groups excluding carboxylic acids is 3. The first kappa shape index (κ1) is 25.3. The van der Waals surface area contributed by atoms with Crippen LogP contribution in [0.4, 0.5) is 5.69 Å². The van der Waals surface area contributed by atoms with Crippen molar-refractivity contribution in [2.24, 2.45) is 0 Å². The Labute approximate surface area is 217 Å². The van der Waals surface area contributed by atoms with Crippen molar-refractivity contribution in [3.05, 3.63) is 59.2 Å². The lowest BCUT2D eigenvalue weighted by molar-refractivity contribution is -0.143. The van der Waals surface area contributed by atoms with Gasteiger partial charge in [0.15, 0.2) is 0 Å². The minimum atomic E-state index is -0.320. The van der Waals surface area contributed by atoms with Crippen molar-refractivity contribution in [2.45, 2.75) is 70.2 Å². The van der Waals surface area contributed by atoms with Crippen LogP contribution in [0.1, 0.15) is 60.5 Å². The van der Waals surface area contributed by atoms with Crippen molar-refractivity contribution in [3.8, 4) is 5.75 Å². The van der Waals surface area contributed by atoms with Crippen LogP contribution in [0.25, 0.3) is 0 Å². The molecule has 196 valence electrons. The zero-order valence-corrected chi connectivity index (χ0v) is 21.6. The van der Waals surface area contributed by atoms with E-state index in [-0.39, 0.29) is 36.0 Å². The Bertz CT molecular complexity index is 1180. The fraction of sp³-hybridized carbons (Fsp3) is 0.483. The van der Waals surface area contributed by atoms with Crippen LogP contribution < -0.4 is 10.1 Å². The molecule has 3 amide bonds. The van der Waals surface area contributed by atoms with E-state index in [2.05, 4.69) is 17.4 Å². The van der Waals surface area contributed by atoms with E-state index in [0.29, 0.717) is 49.4 Å². The molecule has 1 saturated heterocycles. The van der Waals surface area contributed by atoms with Crippen molar-refractivity contribution < 1.29 is 23.9 Å². The maximum atomic E-state index is 13.4. The van der Waals surface area contributed by atoms with Crippen LogP contribution in [0.3, 0.4) is 0 Å². The van der Waals surface area contributed by atoms with Gasteiger partial charge in [0.1, 0.15) is 18.5 Å². The molecule has 0 spiro atoms. The van der Waals surface area contributed by atoms with Gasteiger partial charge in [-0.05, 0) is 55.0 Å². The summed E-state index contributed by atoms with van der Waals surface area (Å²) in [6.45, 7) is 3.61. The predicted molar refractivity (Wildman–Crippen MR) is 139 cm³/mol. The second-order valence-electron chi connectivity index (χ2n) is 10.2. The average molecular weight is 506 g/mol. The molecule has 0 saturated carbocycles. The number of anilines is 1. The van der Waals surface area contributed by atoms with Crippen molar-refractivity contribution in [1.82, 2.24) is 9.80 Å². The van der Waals surface area contributed by atoms with Gasteiger partial charge in [-0.2, -0.15) is 0 Å². The Balaban J connectivity index is 1.23. The molecule has 0 aliphatic carbocycles. The zero-order valence-electron chi connectivity index (χ0n) is 21.6. The number of likely N-dealkylation sites (N-methyl/N-ethyl adjacent to an activating group) is 1. The molecule has 3 atom stereocenters. The predicted octanol–water partition coefficient (Wildman–Crippen LogP) is 3.78. The number of nitrogens with zero attached hydrogens (tertiary/aromatic N) is 2. The molecule has 2 aromatic rings. The highest BCUT2D eigenvalue weighted by molar-refractivity contribution is 5.99. The average Bonchev–Trinajstić information content (AvgIpc) is 2.91. The topological polar surface area (TPSA) is 88.2 Å². The molecule has 0 unspecified atom stereocenters. The van der Waals surface area contributed by atoms with Gasteiger partial charge in [-0.1, -0.05) is 31.2 Å². The highest BCUT2D eigenvalue weighted by Crippen LogP contribution is 2.33. The second kappa shape index (κ2) is 10.9. The van der Waals surface area contributed by atoms with E-state index < -0.39 is 0 Å². The highest BCUT2D eigenvalue weighted by Gasteiger charge is 2.39. The van der Waals surface area contributed by atoms with Gasteiger partial charge in [0, 0.05) is 32.2 Å². The van der Waals surface area contributed by atoms with E-state index in [1.807, 2.05) is 24.0 Å². The van der Waals surface area contributed by atoms with Gasteiger partial charge in [-0.3, -0.25) is 14.4 Å². The SMILES string of the molecule is CCCC(=O)Nc1ccc2c(c1)C(=O)N(C)[C@H]1CC[C@@H](CC(=O)N3CCc4ccccc4C3)O[C@H]1CO2. The Morgan fingerprint density at radius 3 is 2.73 bits per heavy atom. The van der Waals surface area contributed by atoms with E-state index in [0.717, 1.165) is 25.8 Å². The number of nitrogens with one attached hydrogen (secondary N) is 1. The Morgan fingerprint density at radius 1 is 1.11 bits per heavy atom. The maximum absolute atomic E-state index is 13.4. The van der Waals surface area contributed by atoms with E-state index >= 15 is 0 Å². The smallest absolute Gasteiger partial charge is 0.257 e. The van der Waals surface area contributed by atoms with Crippen LogP contribution in [0.2, 0.25) is 0 Å². The molecule has 1 fully saturated rings. The number of hydrogen-bond acceptors (Lipinski definition) is 5. The van der Waals surface area contributed by atoms with Gasteiger partial charge in [-0.15, -0.1) is 0 Å². The van der Waals surface area contributed by atoms with Crippen molar-refractivity contribution >= 4 is 23.4 Å². The largest absolute Gasteiger partial charge is 0.490 e. The molecule has 3 heterocycles. The molecule has 2 aromatic carbocycles. The molecular formula is C29H35N3O5. The van der Waals surface area contributed by atoms with Gasteiger partial charge < -0.3 is 24.6 Å². The highest BCUT2D eigenvalue weighted by atomic mass is 16.5. The first-order valence-corrected chi connectivity index (χ1v) is 13.3. The number of ether oxygens (including phenoxy) is 2. The fourth-order valence-corrected chi connectivity index (χ4v) is 5.59. The van der Waals surface area contributed by atoms with E-state index in [4.69, 9.17) is 9.47 Å². The van der Waals surface area contributed by atoms with E-state index in [1.165, 1.54) is 11.1 Å². The lowest BCUT2D eigenvalue weighted by Gasteiger charge is -2.42. The number of hydrogen-bond donors (Lipinski definition) is 1. The van der Waals surface area contributed by atoms with Crippen molar-refractivity contribution in [1.29, 1.82) is 0 Å². The lowest BCUT2D eigenvalue weighted by atomic mass is 9.94. The molecule has 3 aliphatic heterocycles. The number of benzene rings is 2. The number of fused-ring (bicyclic) bond motifs is 3. The summed E-state index contributed by atoms with van der Waals surface area (Å²) in [7, 11) is 1.79. The van der Waals surface area contributed by atoms with Crippen molar-refractivity contribution in [2.75, 3.05) is 25.5 Å². The third kappa shape index (κ3) is 5.49. The molecule has 37 heavy (non-hydrogen) atoms. The Morgan fingerprint density at radius 2 is 1.92 bits per heavy atom. The molecule has 8 nitrogen and oxygen atoms in total. The number of amides is 3. The molecule has 5 rings (SSSR count). The number of carbonyl (C=O) groups is 3. The molecule has 0 radical (unpaired) electrons. The second-order valence-corrected chi connectivity index (χ2v) is 10.2. The van der Waals surface area contributed by atoms with E-state index in [9.17, 15) is 14.4 Å². The van der Waals surface area contributed by atoms with Gasteiger partial charge in [0.05, 0.1) is 24.1 Å². The van der Waals surface area contributed by atoms with Crippen LogP contribution in [-0.4, -0.2) is 66.0 Å². The summed E-state index contributed by atoms with van der Waals surface area (Å²) in [5.74, 6) is 0.334. The molecule has 8 heteroatoms. The fourth-order valence-electron chi connectivity index (χ4n) is 5.59. The summed E-state index contributed by atoms with van der Waals surface area (Å²) in [6, 6.07) is 13.3. The summed E-state index contributed by atoms with van der Waals surface area (Å²) < 4.78 is 12.4. The summed E-state index contributed by atoms with van der Waals surface area (Å²) in [5.41, 5.74) is 3.54. The molecule has 0 aromatic heterocycles. The van der Waals surface area contributed by atoms with Gasteiger partial charge >= 0.3 is 0 Å². The van der Waals surface area contributed by atoms with Crippen LogP contribution in [0.15, 0.2) is 42.5 Å². The third-order valence-electron chi connectivity index (χ3n) is 7.66. The summed E-state index contributed by atoms with van der Waals surface area (Å²) in [4.78, 5) is 42.2. The maximum Gasteiger partial charge on any atom is 0.257 e. The normalized spacial score (nSPS) is 23.1. The van der Waals surface area contributed by atoms with Crippen LogP contribution >= 0.6 is 0 Å². The Hall–Kier alpha value is -3.39. The summed E-state index contributed by atoms with van der Waals surface area (Å²) >= 11 is 0. The standard InChI is InChI=1S/C29H35N3O5/c1-3-6-27(33)30-21-9-12-25-23(15-21)29(35)31(2)24-11-10-22(37-26(24)18-36-25)16-28(34)32-14-13-19-7-4-5-8-20(19)17-32/h4-5,7-9,12,15,22,24,26H,3,6,10-11,13-14,16-18H2,1-2H3,(H,30,33)/t22-,24-,26-/m0/s1. The summed E-state index contributed by atoms with van der Waals surface area (Å²) in [6.07, 6.45) is 3.31. The van der Waals surface area contributed by atoms with Crippen molar-refractivity contribution in [3.63, 3.8) is 0 Å². The number of rotatable bonds is 5. The van der Waals surface area contributed by atoms with Crippen LogP contribution in [0.5, 0.6) is 5.75 Å². The molecule has 1 N–H and O–H groups in total. The van der Waals surface area contributed by atoms with Gasteiger partial charge in [0.2, 0.25) is 11.8 Å². The van der Waals surface area contributed by atoms with Crippen LogP contribution in [-0.2, 0) is 27.3 Å². The van der Waals surface area contributed by atoms with E-state index in [1.54, 1.807) is 30.1 Å². The Kier molecular flexibility index (Phi) is 7.46. The molecule has 3 aliphatic rings. The first-order chi connectivity index (χ1) is 17.9. The van der Waals surface area contributed by atoms with Gasteiger partial charge in [0.25, 0.3) is 5.91 Å². The molecule has 0 bridgehead atoms. The van der Waals surface area contributed by atoms with Gasteiger partial charge in [-0.25, -0.2) is 0 Å². The zero-order chi connectivity index (χ0) is 25.9. The third-order valence-corrected chi connectivity index (χ3v) is 7.66. The summed E-state index contributed by atoms with van der Waals surface area (Å²) in [5, 5.41) is 2.85. The van der Waals surface area contributed by atoms with Crippen LogP contribution in [0, 0.1) is 0 Å². The minimum absolute atomic E-state index is 0.0786. The lowest BCUT2D eigenvalue weighted by Crippen LogP contribution is -2.54. The minimum Gasteiger partial charge on any atom is -0.490 e. The quantitative estimate of drug-likeness (QED) is 0.668. The first-order valence-electron chi connectivity index (χ1n) is 13.3. The monoisotopic (exact) mass is 505 g/mol.